The maximum Gasteiger partial charge on any atom is 0.337 e. The summed E-state index contributed by atoms with van der Waals surface area (Å²) < 4.78 is 13.2. The molecule has 1 rings (SSSR count). The number of rotatable bonds is 6. The Morgan fingerprint density at radius 3 is 2.60 bits per heavy atom. The molecule has 5 nitrogen and oxygen atoms in total. The summed E-state index contributed by atoms with van der Waals surface area (Å²) >= 11 is 0. The highest BCUT2D eigenvalue weighted by Crippen LogP contribution is 2.18. The highest BCUT2D eigenvalue weighted by Gasteiger charge is 2.16. The Labute approximate surface area is 117 Å². The molecule has 0 unspecified atom stereocenters. The number of nitrogens with one attached hydrogen (secondary N) is 1. The third-order valence-corrected chi connectivity index (χ3v) is 2.90. The maximum atomic E-state index is 13.2. The Bertz CT molecular complexity index is 491. The molecular weight excluding hydrogens is 263 g/mol. The normalized spacial score (nSPS) is 10.2. The van der Waals surface area contributed by atoms with E-state index in [1.165, 1.54) is 0 Å². The molecule has 2 amide bonds. The first-order valence-corrected chi connectivity index (χ1v) is 6.58. The average Bonchev–Trinajstić information content (AvgIpc) is 2.39. The fourth-order valence-electron chi connectivity index (χ4n) is 1.75. The van der Waals surface area contributed by atoms with Crippen LogP contribution in [0.5, 0.6) is 0 Å². The largest absolute Gasteiger partial charge is 0.478 e. The quantitative estimate of drug-likeness (QED) is 0.842. The van der Waals surface area contributed by atoms with Gasteiger partial charge in [0.15, 0.2) is 0 Å². The zero-order valence-corrected chi connectivity index (χ0v) is 11.6. The third-order valence-electron chi connectivity index (χ3n) is 2.90. The average molecular weight is 282 g/mol. The zero-order valence-electron chi connectivity index (χ0n) is 11.6. The molecule has 0 bridgehead atoms. The van der Waals surface area contributed by atoms with Crippen LogP contribution in [-0.2, 0) is 0 Å². The van der Waals surface area contributed by atoms with Crippen LogP contribution in [0.3, 0.4) is 0 Å². The van der Waals surface area contributed by atoms with Gasteiger partial charge in [0.05, 0.1) is 11.3 Å². The second-order valence-corrected chi connectivity index (χ2v) is 4.36. The van der Waals surface area contributed by atoms with E-state index in [0.29, 0.717) is 13.1 Å². The summed E-state index contributed by atoms with van der Waals surface area (Å²) in [4.78, 5) is 24.6. The minimum atomic E-state index is -1.21. The first-order valence-electron chi connectivity index (χ1n) is 6.58. The van der Waals surface area contributed by atoms with Crippen LogP contribution in [0.15, 0.2) is 18.2 Å². The van der Waals surface area contributed by atoms with Crippen molar-refractivity contribution in [1.82, 2.24) is 4.90 Å². The number of amides is 2. The van der Waals surface area contributed by atoms with E-state index in [0.717, 1.165) is 31.0 Å². The predicted molar refractivity (Wildman–Crippen MR) is 74.5 cm³/mol. The molecule has 0 aromatic heterocycles. The highest BCUT2D eigenvalue weighted by atomic mass is 19.1. The van der Waals surface area contributed by atoms with Gasteiger partial charge < -0.3 is 15.3 Å². The number of carboxylic acids is 1. The summed E-state index contributed by atoms with van der Waals surface area (Å²) in [5.41, 5.74) is -0.163. The molecule has 1 aromatic rings. The van der Waals surface area contributed by atoms with Crippen molar-refractivity contribution < 1.29 is 19.1 Å². The minimum Gasteiger partial charge on any atom is -0.478 e. The SMILES string of the molecule is CCCCN(CC)C(=O)Nc1cc(F)ccc1C(=O)O. The maximum absolute atomic E-state index is 13.2. The lowest BCUT2D eigenvalue weighted by Crippen LogP contribution is -2.35. The highest BCUT2D eigenvalue weighted by molar-refractivity contribution is 5.99. The molecule has 6 heteroatoms. The molecule has 20 heavy (non-hydrogen) atoms. The number of anilines is 1. The zero-order chi connectivity index (χ0) is 15.1. The van der Waals surface area contributed by atoms with Gasteiger partial charge in [-0.2, -0.15) is 0 Å². The van der Waals surface area contributed by atoms with Crippen molar-refractivity contribution >= 4 is 17.7 Å². The number of aromatic carboxylic acids is 1. The van der Waals surface area contributed by atoms with Crippen LogP contribution < -0.4 is 5.32 Å². The van der Waals surface area contributed by atoms with E-state index in [1.807, 2.05) is 13.8 Å². The van der Waals surface area contributed by atoms with Gasteiger partial charge in [0.25, 0.3) is 0 Å². The minimum absolute atomic E-state index is 0.0301. The number of carbonyl (C=O) groups excluding carboxylic acids is 1. The second kappa shape index (κ2) is 7.47. The van der Waals surface area contributed by atoms with Crippen molar-refractivity contribution in [3.8, 4) is 0 Å². The van der Waals surface area contributed by atoms with Crippen molar-refractivity contribution in [2.45, 2.75) is 26.7 Å². The van der Waals surface area contributed by atoms with Gasteiger partial charge >= 0.3 is 12.0 Å². The Kier molecular flexibility index (Phi) is 5.96. The number of nitrogens with zero attached hydrogens (tertiary/aromatic N) is 1. The molecule has 2 N–H and O–H groups in total. The van der Waals surface area contributed by atoms with Crippen molar-refractivity contribution in [2.24, 2.45) is 0 Å². The van der Waals surface area contributed by atoms with Gasteiger partial charge in [-0.05, 0) is 31.5 Å². The van der Waals surface area contributed by atoms with Crippen LogP contribution in [0.4, 0.5) is 14.9 Å². The molecule has 0 saturated heterocycles. The molecule has 0 aliphatic heterocycles. The molecule has 0 fully saturated rings. The van der Waals surface area contributed by atoms with Gasteiger partial charge in [-0.1, -0.05) is 13.3 Å². The molecule has 0 atom stereocenters. The van der Waals surface area contributed by atoms with Gasteiger partial charge in [0.2, 0.25) is 0 Å². The number of carbonyl (C=O) groups is 2. The van der Waals surface area contributed by atoms with Gasteiger partial charge in [-0.15, -0.1) is 0 Å². The summed E-state index contributed by atoms with van der Waals surface area (Å²) in [6.07, 6.45) is 1.81. The summed E-state index contributed by atoms with van der Waals surface area (Å²) in [5, 5.41) is 11.5. The number of halogens is 1. The van der Waals surface area contributed by atoms with E-state index < -0.39 is 17.8 Å². The van der Waals surface area contributed by atoms with Crippen molar-refractivity contribution in [1.29, 1.82) is 0 Å². The van der Waals surface area contributed by atoms with E-state index in [1.54, 1.807) is 4.90 Å². The first kappa shape index (κ1) is 15.9. The van der Waals surface area contributed by atoms with Crippen molar-refractivity contribution in [2.75, 3.05) is 18.4 Å². The van der Waals surface area contributed by atoms with Crippen molar-refractivity contribution in [3.05, 3.63) is 29.6 Å². The number of benzene rings is 1. The lowest BCUT2D eigenvalue weighted by Gasteiger charge is -2.21. The van der Waals surface area contributed by atoms with E-state index >= 15 is 0 Å². The molecule has 0 spiro atoms. The number of hydrogen-bond donors (Lipinski definition) is 2. The summed E-state index contributed by atoms with van der Waals surface area (Å²) in [6, 6.07) is 2.77. The van der Waals surface area contributed by atoms with Crippen LogP contribution >= 0.6 is 0 Å². The molecular formula is C14H19FN2O3. The Balaban J connectivity index is 2.88. The van der Waals surface area contributed by atoms with Gasteiger partial charge in [0, 0.05) is 13.1 Å². The number of urea groups is 1. The number of carboxylic acid groups (broad SMARTS) is 1. The van der Waals surface area contributed by atoms with E-state index in [9.17, 15) is 14.0 Å². The fourth-order valence-corrected chi connectivity index (χ4v) is 1.75. The van der Waals surface area contributed by atoms with Crippen LogP contribution in [0.1, 0.15) is 37.0 Å². The standard InChI is InChI=1S/C14H19FN2O3/c1-3-5-8-17(4-2)14(20)16-12-9-10(15)6-7-11(12)13(18)19/h6-7,9H,3-5,8H2,1-2H3,(H,16,20)(H,18,19). The molecule has 110 valence electrons. The molecule has 0 saturated carbocycles. The first-order chi connectivity index (χ1) is 9.49. The predicted octanol–water partition coefficient (Wildman–Crippen LogP) is 3.18. The monoisotopic (exact) mass is 282 g/mol. The summed E-state index contributed by atoms with van der Waals surface area (Å²) in [5.74, 6) is -1.81. The summed E-state index contributed by atoms with van der Waals surface area (Å²) in [7, 11) is 0. The molecule has 0 aliphatic carbocycles. The van der Waals surface area contributed by atoms with Gasteiger partial charge in [-0.3, -0.25) is 0 Å². The molecule has 1 aromatic carbocycles. The Morgan fingerprint density at radius 1 is 1.35 bits per heavy atom. The third kappa shape index (κ3) is 4.22. The number of unbranched alkanes of at least 4 members (excludes halogenated alkanes) is 1. The van der Waals surface area contributed by atoms with Crippen LogP contribution in [0.2, 0.25) is 0 Å². The molecule has 0 radical (unpaired) electrons. The fraction of sp³-hybridized carbons (Fsp3) is 0.429. The van der Waals surface area contributed by atoms with E-state index in [4.69, 9.17) is 5.11 Å². The Hall–Kier alpha value is -2.11. The molecule has 0 heterocycles. The van der Waals surface area contributed by atoms with Crippen molar-refractivity contribution in [3.63, 3.8) is 0 Å². The van der Waals surface area contributed by atoms with Crippen LogP contribution in [-0.4, -0.2) is 35.1 Å². The van der Waals surface area contributed by atoms with Gasteiger partial charge in [0.1, 0.15) is 5.82 Å². The summed E-state index contributed by atoms with van der Waals surface area (Å²) in [6.45, 7) is 4.93. The lowest BCUT2D eigenvalue weighted by atomic mass is 10.1. The molecule has 0 aliphatic rings. The van der Waals surface area contributed by atoms with Gasteiger partial charge in [-0.25, -0.2) is 14.0 Å². The Morgan fingerprint density at radius 2 is 2.05 bits per heavy atom. The van der Waals surface area contributed by atoms with Crippen LogP contribution in [0.25, 0.3) is 0 Å². The van der Waals surface area contributed by atoms with E-state index in [-0.39, 0.29) is 11.3 Å². The van der Waals surface area contributed by atoms with E-state index in [2.05, 4.69) is 5.32 Å². The second-order valence-electron chi connectivity index (χ2n) is 4.36. The van der Waals surface area contributed by atoms with Crippen LogP contribution in [0, 0.1) is 5.82 Å². The smallest absolute Gasteiger partial charge is 0.337 e. The lowest BCUT2D eigenvalue weighted by molar-refractivity contribution is 0.0698. The number of hydrogen-bond acceptors (Lipinski definition) is 2. The topological polar surface area (TPSA) is 69.6 Å².